The molecule has 0 spiro atoms. The van der Waals surface area contributed by atoms with Gasteiger partial charge < -0.3 is 0 Å². The van der Waals surface area contributed by atoms with E-state index in [9.17, 15) is 0 Å². The predicted octanol–water partition coefficient (Wildman–Crippen LogP) is 8.93. The zero-order valence-electron chi connectivity index (χ0n) is 17.3. The molecule has 0 amide bonds. The molecule has 0 unspecified atom stereocenters. The summed E-state index contributed by atoms with van der Waals surface area (Å²) in [4.78, 5) is 0. The molecule has 0 bridgehead atoms. The van der Waals surface area contributed by atoms with Gasteiger partial charge in [-0.3, -0.25) is 0 Å². The Bertz CT molecular complexity index is 335. The van der Waals surface area contributed by atoms with Crippen molar-refractivity contribution in [1.82, 2.24) is 0 Å². The molecular weight excluding hydrogens is 312 g/mol. The normalized spacial score (nSPS) is 5.62. The fourth-order valence-corrected chi connectivity index (χ4v) is 0. The lowest BCUT2D eigenvalue weighted by atomic mass is 10.4. The van der Waals surface area contributed by atoms with Crippen molar-refractivity contribution in [1.29, 1.82) is 0 Å². The topological polar surface area (TPSA) is 0 Å². The minimum atomic E-state index is 1.02. The predicted molar refractivity (Wildman–Crippen MR) is 132 cm³/mol. The van der Waals surface area contributed by atoms with E-state index < -0.39 is 0 Å². The Kier molecular flexibility index (Phi) is 85.0. The maximum atomic E-state index is 3.56. The van der Waals surface area contributed by atoms with Crippen molar-refractivity contribution >= 4 is 0 Å². The summed E-state index contributed by atoms with van der Waals surface area (Å²) in [5.41, 5.74) is 2.04. The summed E-state index contributed by atoms with van der Waals surface area (Å²) >= 11 is 0. The second-order valence-electron chi connectivity index (χ2n) is 3.99. The molecule has 0 aromatic carbocycles. The van der Waals surface area contributed by atoms with Crippen molar-refractivity contribution in [3.63, 3.8) is 0 Å². The number of rotatable bonds is 6. The van der Waals surface area contributed by atoms with Crippen LogP contribution in [0.25, 0.3) is 0 Å². The van der Waals surface area contributed by atoms with Crippen LogP contribution in [0.2, 0.25) is 0 Å². The first kappa shape index (κ1) is 38.4. The lowest BCUT2D eigenvalue weighted by Gasteiger charge is -1.71. The van der Waals surface area contributed by atoms with Gasteiger partial charge >= 0.3 is 0 Å². The molecular formula is C26H40. The van der Waals surface area contributed by atoms with E-state index >= 15 is 0 Å². The van der Waals surface area contributed by atoms with Crippen LogP contribution in [-0.4, -0.2) is 0 Å². The summed E-state index contributed by atoms with van der Waals surface area (Å²) in [7, 11) is 0. The highest BCUT2D eigenvalue weighted by Crippen LogP contribution is 1.81. The molecule has 0 fully saturated rings. The van der Waals surface area contributed by atoms with Crippen molar-refractivity contribution in [3.8, 4) is 0 Å². The highest BCUT2D eigenvalue weighted by Gasteiger charge is 1.59. The Labute approximate surface area is 165 Å². The zero-order chi connectivity index (χ0) is 22.2. The zero-order valence-corrected chi connectivity index (χ0v) is 17.3. The first-order chi connectivity index (χ1) is 12.2. The van der Waals surface area contributed by atoms with Gasteiger partial charge in [-0.1, -0.05) is 151 Å². The number of hydrogen-bond acceptors (Lipinski definition) is 0. The molecule has 0 heterocycles. The molecule has 0 aliphatic carbocycles. The van der Waals surface area contributed by atoms with Gasteiger partial charge in [-0.15, -0.1) is 0 Å². The second kappa shape index (κ2) is 57.5. The third-order valence-electron chi connectivity index (χ3n) is 1.36. The molecule has 0 aromatic rings. The van der Waals surface area contributed by atoms with E-state index in [4.69, 9.17) is 0 Å². The average molecular weight is 353 g/mol. The van der Waals surface area contributed by atoms with Gasteiger partial charge in [-0.2, -0.15) is 0 Å². The van der Waals surface area contributed by atoms with Crippen LogP contribution in [0.3, 0.4) is 0 Å². The minimum absolute atomic E-state index is 1.02. The second-order valence-corrected chi connectivity index (χ2v) is 3.99. The fourth-order valence-electron chi connectivity index (χ4n) is 0. The van der Waals surface area contributed by atoms with Gasteiger partial charge in [0.25, 0.3) is 0 Å². The quantitative estimate of drug-likeness (QED) is 0.418. The van der Waals surface area contributed by atoms with Crippen molar-refractivity contribution < 1.29 is 0 Å². The summed E-state index contributed by atoms with van der Waals surface area (Å²) in [6.45, 7) is 44.7. The Morgan fingerprint density at radius 3 is 0.462 bits per heavy atom. The van der Waals surface area contributed by atoms with Gasteiger partial charge in [-0.25, -0.2) is 0 Å². The minimum Gasteiger partial charge on any atom is -0.0991 e. The summed E-state index contributed by atoms with van der Waals surface area (Å²) in [6, 6.07) is 0. The van der Waals surface area contributed by atoms with Gasteiger partial charge in [0.15, 0.2) is 0 Å². The molecule has 0 heteroatoms. The standard InChI is InChI=1S/2C5H8.4C4H6/c2*1-4-5(2)3;4*1-3-4-2/h2*4H,1-2H2,3H3;4*3-4H,1-2H2. The number of hydrogen-bond donors (Lipinski definition) is 0. The Morgan fingerprint density at radius 2 is 0.462 bits per heavy atom. The summed E-state index contributed by atoms with van der Waals surface area (Å²) in [5.74, 6) is 0. The van der Waals surface area contributed by atoms with Gasteiger partial charge in [0.1, 0.15) is 0 Å². The third kappa shape index (κ3) is 347. The highest BCUT2D eigenvalue weighted by molar-refractivity contribution is 5.06. The Hall–Kier alpha value is -3.12. The number of allylic oxidation sites excluding steroid dienone is 12. The van der Waals surface area contributed by atoms with Crippen LogP contribution < -0.4 is 0 Å². The lowest BCUT2D eigenvalue weighted by molar-refractivity contribution is 1.58. The Morgan fingerprint density at radius 1 is 0.385 bits per heavy atom. The monoisotopic (exact) mass is 352 g/mol. The molecule has 26 heavy (non-hydrogen) atoms. The molecule has 0 rings (SSSR count). The van der Waals surface area contributed by atoms with Gasteiger partial charge in [0.2, 0.25) is 0 Å². The van der Waals surface area contributed by atoms with E-state index in [0.717, 1.165) is 11.1 Å². The molecule has 0 saturated heterocycles. The molecule has 0 radical (unpaired) electrons. The van der Waals surface area contributed by atoms with Crippen LogP contribution in [-0.2, 0) is 0 Å². The molecule has 0 aliphatic heterocycles. The fraction of sp³-hybridized carbons (Fsp3) is 0.0769. The molecule has 0 atom stereocenters. The van der Waals surface area contributed by atoms with Gasteiger partial charge in [-0.05, 0) is 13.8 Å². The maximum Gasteiger partial charge on any atom is -0.0404 e. The summed E-state index contributed by atoms with van der Waals surface area (Å²) in [6.07, 6.45) is 16.6. The maximum absolute atomic E-state index is 3.56. The van der Waals surface area contributed by atoms with Gasteiger partial charge in [0, 0.05) is 0 Å². The first-order valence-corrected chi connectivity index (χ1v) is 7.70. The lowest BCUT2D eigenvalue weighted by Crippen LogP contribution is -1.50. The van der Waals surface area contributed by atoms with Crippen molar-refractivity contribution in [2.45, 2.75) is 13.8 Å². The van der Waals surface area contributed by atoms with E-state index in [2.05, 4.69) is 78.9 Å². The van der Waals surface area contributed by atoms with E-state index in [0.29, 0.717) is 0 Å². The van der Waals surface area contributed by atoms with Crippen molar-refractivity contribution in [3.05, 3.63) is 151 Å². The SMILES string of the molecule is C=CC(=C)C.C=CC(=C)C.C=CC=C.C=CC=C.C=CC=C.C=CC=C. The van der Waals surface area contributed by atoms with Gasteiger partial charge in [0.05, 0.1) is 0 Å². The van der Waals surface area contributed by atoms with Crippen LogP contribution in [0, 0.1) is 0 Å². The van der Waals surface area contributed by atoms with Crippen LogP contribution in [0.4, 0.5) is 0 Å². The average Bonchev–Trinajstić information content (AvgIpc) is 2.68. The third-order valence-corrected chi connectivity index (χ3v) is 1.36. The molecule has 0 saturated carbocycles. The van der Waals surface area contributed by atoms with Crippen molar-refractivity contribution in [2.75, 3.05) is 0 Å². The smallest absolute Gasteiger partial charge is 0.0404 e. The van der Waals surface area contributed by atoms with Crippen LogP contribution in [0.15, 0.2) is 151 Å². The molecule has 0 aliphatic rings. The molecule has 144 valence electrons. The van der Waals surface area contributed by atoms with Crippen LogP contribution >= 0.6 is 0 Å². The summed E-state index contributed by atoms with van der Waals surface area (Å²) < 4.78 is 0. The van der Waals surface area contributed by atoms with E-state index in [1.165, 1.54) is 0 Å². The van der Waals surface area contributed by atoms with E-state index in [1.54, 1.807) is 60.8 Å². The van der Waals surface area contributed by atoms with Crippen LogP contribution in [0.1, 0.15) is 13.8 Å². The highest BCUT2D eigenvalue weighted by atomic mass is 13.7. The Balaban J connectivity index is -0.0000000463. The summed E-state index contributed by atoms with van der Waals surface area (Å²) in [5, 5.41) is 0. The van der Waals surface area contributed by atoms with Crippen LogP contribution in [0.5, 0.6) is 0 Å². The first-order valence-electron chi connectivity index (χ1n) is 7.70. The molecule has 0 N–H and O–H groups in total. The van der Waals surface area contributed by atoms with E-state index in [-0.39, 0.29) is 0 Å². The largest absolute Gasteiger partial charge is 0.0991 e. The molecule has 0 nitrogen and oxygen atoms in total. The van der Waals surface area contributed by atoms with E-state index in [1.807, 2.05) is 13.8 Å². The van der Waals surface area contributed by atoms with Crippen molar-refractivity contribution in [2.24, 2.45) is 0 Å². The molecule has 0 aromatic heterocycles.